The summed E-state index contributed by atoms with van der Waals surface area (Å²) in [6, 6.07) is 59.9. The molecule has 6 rings (SSSR count). The number of rotatable bonds is 6. The summed E-state index contributed by atoms with van der Waals surface area (Å²) in [4.78, 5) is 0. The van der Waals surface area contributed by atoms with Gasteiger partial charge in [-0.2, -0.15) is 0 Å². The van der Waals surface area contributed by atoms with E-state index >= 15 is 0 Å². The summed E-state index contributed by atoms with van der Waals surface area (Å²) in [6.45, 7) is 0. The van der Waals surface area contributed by atoms with Crippen molar-refractivity contribution >= 4 is 26.6 Å². The van der Waals surface area contributed by atoms with Crippen molar-refractivity contribution < 1.29 is 0 Å². The predicted molar refractivity (Wildman–Crippen MR) is 166 cm³/mol. The van der Waals surface area contributed by atoms with Crippen molar-refractivity contribution in [1.29, 1.82) is 0 Å². The van der Waals surface area contributed by atoms with E-state index in [9.17, 15) is 0 Å². The topological polar surface area (TPSA) is 0 Å². The van der Waals surface area contributed by atoms with Gasteiger partial charge in [-0.05, 0) is 0 Å². The van der Waals surface area contributed by atoms with Crippen LogP contribution in [0.5, 0.6) is 0 Å². The van der Waals surface area contributed by atoms with E-state index in [1.807, 2.05) is 0 Å². The van der Waals surface area contributed by atoms with E-state index in [-0.39, 0.29) is 0 Å². The van der Waals surface area contributed by atoms with Crippen molar-refractivity contribution in [2.45, 2.75) is 5.71 Å². The van der Waals surface area contributed by atoms with Crippen LogP contribution < -0.4 is 13.1 Å². The molecule has 1 heteroatoms. The van der Waals surface area contributed by atoms with Gasteiger partial charge < -0.3 is 0 Å². The fraction of sp³-hybridized carbons (Fsp3) is 0.0270. The number of hydrogen-bond donors (Lipinski definition) is 0. The van der Waals surface area contributed by atoms with Gasteiger partial charge in [0.05, 0.1) is 0 Å². The third-order valence-corrected chi connectivity index (χ3v) is 15.8. The second kappa shape index (κ2) is 10.7. The molecule has 0 heterocycles. The first kappa shape index (κ1) is 24.2. The average Bonchev–Trinajstić information content (AvgIpc) is 3.02. The summed E-state index contributed by atoms with van der Waals surface area (Å²) in [5.74, 6) is 0. The van der Waals surface area contributed by atoms with Crippen molar-refractivity contribution in [3.63, 3.8) is 0 Å². The molecule has 6 aromatic carbocycles. The van der Waals surface area contributed by atoms with Gasteiger partial charge in [0.25, 0.3) is 0 Å². The van der Waals surface area contributed by atoms with E-state index in [1.165, 1.54) is 46.4 Å². The first-order valence-electron chi connectivity index (χ1n) is 13.1. The van der Waals surface area contributed by atoms with Crippen molar-refractivity contribution in [1.82, 2.24) is 0 Å². The summed E-state index contributed by atoms with van der Waals surface area (Å²) >= 11 is -2.71. The fourth-order valence-corrected chi connectivity index (χ4v) is 11.8. The minimum absolute atomic E-state index is 1.26. The monoisotopic (exact) mass is 549 g/mol. The molecule has 0 bridgehead atoms. The molecule has 6 aromatic rings. The molecular weight excluding hydrogens is 519 g/mol. The van der Waals surface area contributed by atoms with E-state index < -0.39 is 13.6 Å². The zero-order chi connectivity index (χ0) is 25.8. The normalized spacial score (nSPS) is 11.3. The zero-order valence-corrected chi connectivity index (χ0v) is 23.4. The number of benzene rings is 6. The molecule has 0 saturated heterocycles. The molecule has 0 aromatic heterocycles. The van der Waals surface area contributed by atoms with Gasteiger partial charge >= 0.3 is 229 Å². The molecule has 0 saturated carbocycles. The minimum atomic E-state index is -2.71. The van der Waals surface area contributed by atoms with Gasteiger partial charge in [0.15, 0.2) is 0 Å². The summed E-state index contributed by atoms with van der Waals surface area (Å²) in [5.41, 5.74) is 10.1. The molecule has 0 spiro atoms. The van der Waals surface area contributed by atoms with Crippen LogP contribution in [-0.4, -0.2) is 13.6 Å². The number of hydrogen-bond acceptors (Lipinski definition) is 0. The van der Waals surface area contributed by atoms with Crippen LogP contribution >= 0.6 is 0 Å². The second-order valence-electron chi connectivity index (χ2n) is 9.74. The Labute approximate surface area is 228 Å². The van der Waals surface area contributed by atoms with Gasteiger partial charge in [0.1, 0.15) is 0 Å². The van der Waals surface area contributed by atoms with Crippen LogP contribution in [-0.2, 0) is 0 Å². The summed E-state index contributed by atoms with van der Waals surface area (Å²) in [7, 11) is 0. The van der Waals surface area contributed by atoms with Gasteiger partial charge in [0, 0.05) is 0 Å². The maximum absolute atomic E-state index is 2.71. The molecule has 38 heavy (non-hydrogen) atoms. The Bertz CT molecular complexity index is 1400. The molecule has 0 radical (unpaired) electrons. The van der Waals surface area contributed by atoms with E-state index in [0.29, 0.717) is 0 Å². The van der Waals surface area contributed by atoms with Crippen molar-refractivity contribution in [2.75, 3.05) is 0 Å². The second-order valence-corrected chi connectivity index (χ2v) is 17.2. The molecule has 0 aliphatic heterocycles. The quantitative estimate of drug-likeness (QED) is 0.186. The molecule has 0 amide bonds. The zero-order valence-electron chi connectivity index (χ0n) is 21.5. The Hall–Kier alpha value is -4.12. The first-order chi connectivity index (χ1) is 18.7. The molecule has 0 aliphatic rings. The van der Waals surface area contributed by atoms with Gasteiger partial charge in [-0.25, -0.2) is 0 Å². The first-order valence-corrected chi connectivity index (χ1v) is 17.8. The van der Waals surface area contributed by atoms with Crippen LogP contribution in [0.3, 0.4) is 0 Å². The molecule has 0 atom stereocenters. The van der Waals surface area contributed by atoms with Crippen LogP contribution in [0.1, 0.15) is 0 Å². The Morgan fingerprint density at radius 2 is 0.474 bits per heavy atom. The van der Waals surface area contributed by atoms with Gasteiger partial charge in [-0.15, -0.1) is 0 Å². The van der Waals surface area contributed by atoms with E-state index in [0.717, 1.165) is 0 Å². The molecule has 182 valence electrons. The van der Waals surface area contributed by atoms with Gasteiger partial charge in [-0.3, -0.25) is 0 Å². The Balaban J connectivity index is 1.43. The molecule has 0 nitrogen and oxygen atoms in total. The van der Waals surface area contributed by atoms with Crippen LogP contribution in [0.4, 0.5) is 0 Å². The van der Waals surface area contributed by atoms with E-state index in [2.05, 4.69) is 170 Å². The van der Waals surface area contributed by atoms with Gasteiger partial charge in [-0.1, -0.05) is 0 Å². The van der Waals surface area contributed by atoms with Crippen LogP contribution in [0.15, 0.2) is 164 Å². The van der Waals surface area contributed by atoms with Crippen LogP contribution in [0, 0.1) is 0 Å². The predicted octanol–water partition coefficient (Wildman–Crippen LogP) is 7.79. The van der Waals surface area contributed by atoms with Crippen molar-refractivity contribution in [2.24, 2.45) is 0 Å². The molecule has 0 fully saturated rings. The molecule has 0 N–H and O–H groups in total. The average molecular weight is 550 g/mol. The summed E-state index contributed by atoms with van der Waals surface area (Å²) < 4.78 is 4.34. The van der Waals surface area contributed by atoms with Crippen molar-refractivity contribution in [3.8, 4) is 33.4 Å². The van der Waals surface area contributed by atoms with Crippen LogP contribution in [0.2, 0.25) is 5.71 Å². The Morgan fingerprint density at radius 3 is 0.711 bits per heavy atom. The van der Waals surface area contributed by atoms with Crippen molar-refractivity contribution in [3.05, 3.63) is 164 Å². The standard InChI is InChI=1S/C37H30As/c1-38(35-23-17-32(18-24-35)29-11-5-2-6-12-29,36-25-19-33(20-26-36)30-13-7-3-8-14-30)37-27-21-34(22-28-37)31-15-9-4-10-16-31/h2-28H,1H3/q+1. The molecule has 0 aliphatic carbocycles. The van der Waals surface area contributed by atoms with Gasteiger partial charge in [0.2, 0.25) is 0 Å². The fourth-order valence-electron chi connectivity index (χ4n) is 5.20. The molecular formula is C37H30As+. The Kier molecular flexibility index (Phi) is 6.82. The third kappa shape index (κ3) is 4.76. The molecule has 0 unspecified atom stereocenters. The van der Waals surface area contributed by atoms with Crippen LogP contribution in [0.25, 0.3) is 33.4 Å². The third-order valence-electron chi connectivity index (χ3n) is 7.47. The van der Waals surface area contributed by atoms with E-state index in [4.69, 9.17) is 0 Å². The maximum atomic E-state index is 2.52. The summed E-state index contributed by atoms with van der Waals surface area (Å²) in [6.07, 6.45) is 0. The SMILES string of the molecule is C[As+](c1ccc(-c2ccccc2)cc1)(c1ccc(-c2ccccc2)cc1)c1ccc(-c2ccccc2)cc1. The van der Waals surface area contributed by atoms with E-state index in [1.54, 1.807) is 0 Å². The Morgan fingerprint density at radius 1 is 0.263 bits per heavy atom. The summed E-state index contributed by atoms with van der Waals surface area (Å²) in [5, 5.41) is 0.